The second kappa shape index (κ2) is 8.12. The highest BCUT2D eigenvalue weighted by Crippen LogP contribution is 2.31. The van der Waals surface area contributed by atoms with Gasteiger partial charge < -0.3 is 4.57 Å². The Morgan fingerprint density at radius 1 is 1.27 bits per heavy atom. The molecule has 9 heteroatoms. The standard InChI is InChI=1S/C17H13Cl2F3N2O2/c1-10(4-5-26-17(20,21)22)24-9-15(19)14(7-16(24)25)13-6-12(18)3-2-11(13)8-23/h2-3,6-7,9-10H,4-5H2,1H3. The summed E-state index contributed by atoms with van der Waals surface area (Å²) in [5, 5.41) is 9.76. The van der Waals surface area contributed by atoms with E-state index in [1.165, 1.54) is 29.0 Å². The number of hydrogen-bond donors (Lipinski definition) is 0. The minimum atomic E-state index is -4.72. The Morgan fingerprint density at radius 2 is 1.96 bits per heavy atom. The molecule has 1 unspecified atom stereocenters. The van der Waals surface area contributed by atoms with Crippen molar-refractivity contribution in [3.05, 3.63) is 56.4 Å². The number of pyridine rings is 1. The van der Waals surface area contributed by atoms with Crippen LogP contribution in [0.3, 0.4) is 0 Å². The summed E-state index contributed by atoms with van der Waals surface area (Å²) in [7, 11) is 0. The van der Waals surface area contributed by atoms with E-state index >= 15 is 0 Å². The Bertz CT molecular complexity index is 904. The zero-order chi connectivity index (χ0) is 19.5. The smallest absolute Gasteiger partial charge is 0.311 e. The number of hydrogen-bond acceptors (Lipinski definition) is 3. The third-order valence-electron chi connectivity index (χ3n) is 3.70. The van der Waals surface area contributed by atoms with Crippen molar-refractivity contribution in [2.75, 3.05) is 6.61 Å². The Morgan fingerprint density at radius 3 is 2.58 bits per heavy atom. The van der Waals surface area contributed by atoms with Gasteiger partial charge in [-0.2, -0.15) is 5.26 Å². The lowest BCUT2D eigenvalue weighted by Gasteiger charge is -2.17. The summed E-state index contributed by atoms with van der Waals surface area (Å²) in [5.41, 5.74) is 0.556. The van der Waals surface area contributed by atoms with E-state index in [0.29, 0.717) is 21.7 Å². The number of nitrogens with zero attached hydrogens (tertiary/aromatic N) is 2. The fourth-order valence-corrected chi connectivity index (χ4v) is 2.83. The number of benzene rings is 1. The van der Waals surface area contributed by atoms with Gasteiger partial charge in [-0.3, -0.25) is 9.53 Å². The minimum absolute atomic E-state index is 0.0320. The lowest BCUT2D eigenvalue weighted by Crippen LogP contribution is -2.24. The summed E-state index contributed by atoms with van der Waals surface area (Å²) in [6, 6.07) is 7.24. The van der Waals surface area contributed by atoms with Crippen LogP contribution in [0.1, 0.15) is 24.9 Å². The fraction of sp³-hybridized carbons (Fsp3) is 0.294. The molecule has 0 aliphatic carbocycles. The fourth-order valence-electron chi connectivity index (χ4n) is 2.39. The van der Waals surface area contributed by atoms with Crippen LogP contribution < -0.4 is 5.56 Å². The van der Waals surface area contributed by atoms with Crippen molar-refractivity contribution >= 4 is 23.2 Å². The molecule has 0 saturated heterocycles. The van der Waals surface area contributed by atoms with Gasteiger partial charge in [-0.25, -0.2) is 0 Å². The minimum Gasteiger partial charge on any atom is -0.311 e. The van der Waals surface area contributed by atoms with Gasteiger partial charge in [0.25, 0.3) is 5.56 Å². The molecule has 4 nitrogen and oxygen atoms in total. The first-order chi connectivity index (χ1) is 12.1. The molecule has 0 spiro atoms. The molecule has 2 aromatic rings. The molecule has 1 heterocycles. The first-order valence-corrected chi connectivity index (χ1v) is 8.20. The molecule has 0 amide bonds. The predicted molar refractivity (Wildman–Crippen MR) is 92.2 cm³/mol. The molecule has 0 radical (unpaired) electrons. The zero-order valence-electron chi connectivity index (χ0n) is 13.5. The molecule has 2 rings (SSSR count). The number of aromatic nitrogens is 1. The van der Waals surface area contributed by atoms with E-state index in [2.05, 4.69) is 4.74 Å². The summed E-state index contributed by atoms with van der Waals surface area (Å²) >= 11 is 12.2. The van der Waals surface area contributed by atoms with Gasteiger partial charge in [-0.05, 0) is 31.5 Å². The normalized spacial score (nSPS) is 12.7. The second-order valence-corrected chi connectivity index (χ2v) is 6.36. The van der Waals surface area contributed by atoms with Crippen LogP contribution in [0, 0.1) is 11.3 Å². The van der Waals surface area contributed by atoms with Crippen molar-refractivity contribution in [1.82, 2.24) is 4.57 Å². The monoisotopic (exact) mass is 404 g/mol. The zero-order valence-corrected chi connectivity index (χ0v) is 15.0. The van der Waals surface area contributed by atoms with Crippen LogP contribution in [-0.4, -0.2) is 17.5 Å². The van der Waals surface area contributed by atoms with Crippen molar-refractivity contribution in [2.24, 2.45) is 0 Å². The largest absolute Gasteiger partial charge is 0.522 e. The molecular weight excluding hydrogens is 392 g/mol. The Hall–Kier alpha value is -2.01. The highest BCUT2D eigenvalue weighted by Gasteiger charge is 2.29. The first kappa shape index (κ1) is 20.3. The Balaban J connectivity index is 2.33. The number of alkyl halides is 3. The van der Waals surface area contributed by atoms with Gasteiger partial charge in [-0.1, -0.05) is 23.2 Å². The molecule has 0 aliphatic heterocycles. The van der Waals surface area contributed by atoms with E-state index in [0.717, 1.165) is 0 Å². The molecule has 0 fully saturated rings. The van der Waals surface area contributed by atoms with Gasteiger partial charge in [-0.15, -0.1) is 13.2 Å². The Kier molecular flexibility index (Phi) is 6.34. The molecule has 26 heavy (non-hydrogen) atoms. The molecule has 138 valence electrons. The molecule has 1 aromatic heterocycles. The van der Waals surface area contributed by atoms with Gasteiger partial charge in [0.15, 0.2) is 0 Å². The SMILES string of the molecule is CC(CCOC(F)(F)F)n1cc(Cl)c(-c2cc(Cl)ccc2C#N)cc1=O. The van der Waals surface area contributed by atoms with Gasteiger partial charge >= 0.3 is 6.36 Å². The summed E-state index contributed by atoms with van der Waals surface area (Å²) in [5.74, 6) is 0. The lowest BCUT2D eigenvalue weighted by atomic mass is 10.0. The maximum absolute atomic E-state index is 12.4. The number of ether oxygens (including phenoxy) is 1. The van der Waals surface area contributed by atoms with Crippen molar-refractivity contribution in [3.8, 4) is 17.2 Å². The maximum Gasteiger partial charge on any atom is 0.522 e. The van der Waals surface area contributed by atoms with E-state index in [-0.39, 0.29) is 11.4 Å². The van der Waals surface area contributed by atoms with Crippen molar-refractivity contribution in [1.29, 1.82) is 5.26 Å². The average Bonchev–Trinajstić information content (AvgIpc) is 2.55. The summed E-state index contributed by atoms with van der Waals surface area (Å²) in [6.45, 7) is 1.00. The van der Waals surface area contributed by atoms with Crippen LogP contribution in [-0.2, 0) is 4.74 Å². The molecule has 0 bridgehead atoms. The molecule has 0 saturated carbocycles. The lowest BCUT2D eigenvalue weighted by molar-refractivity contribution is -0.325. The van der Waals surface area contributed by atoms with Crippen LogP contribution in [0.4, 0.5) is 13.2 Å². The van der Waals surface area contributed by atoms with E-state index in [1.54, 1.807) is 13.0 Å². The number of nitriles is 1. The van der Waals surface area contributed by atoms with Gasteiger partial charge in [0.05, 0.1) is 23.3 Å². The number of rotatable bonds is 5. The third-order valence-corrected chi connectivity index (χ3v) is 4.24. The van der Waals surface area contributed by atoms with Crippen LogP contribution >= 0.6 is 23.2 Å². The topological polar surface area (TPSA) is 55.0 Å². The van der Waals surface area contributed by atoms with Crippen LogP contribution in [0.15, 0.2) is 35.3 Å². The van der Waals surface area contributed by atoms with Crippen molar-refractivity contribution in [3.63, 3.8) is 0 Å². The number of halogens is 5. The first-order valence-electron chi connectivity index (χ1n) is 7.45. The predicted octanol–water partition coefficient (Wildman–Crippen LogP) is 5.18. The Labute approximate surface area is 157 Å². The summed E-state index contributed by atoms with van der Waals surface area (Å²) in [6.07, 6.45) is -3.41. The third kappa shape index (κ3) is 5.01. The highest BCUT2D eigenvalue weighted by molar-refractivity contribution is 6.33. The van der Waals surface area contributed by atoms with Crippen molar-refractivity contribution < 1.29 is 17.9 Å². The molecular formula is C17H13Cl2F3N2O2. The van der Waals surface area contributed by atoms with Gasteiger partial charge in [0, 0.05) is 34.5 Å². The summed E-state index contributed by atoms with van der Waals surface area (Å²) < 4.78 is 41.1. The maximum atomic E-state index is 12.4. The van der Waals surface area contributed by atoms with E-state index in [9.17, 15) is 23.2 Å². The summed E-state index contributed by atoms with van der Waals surface area (Å²) in [4.78, 5) is 12.4. The molecule has 0 aliphatic rings. The van der Waals surface area contributed by atoms with Crippen LogP contribution in [0.25, 0.3) is 11.1 Å². The molecule has 1 aromatic carbocycles. The van der Waals surface area contributed by atoms with Gasteiger partial charge in [0.2, 0.25) is 0 Å². The van der Waals surface area contributed by atoms with Gasteiger partial charge in [0.1, 0.15) is 0 Å². The van der Waals surface area contributed by atoms with Crippen LogP contribution in [0.5, 0.6) is 0 Å². The van der Waals surface area contributed by atoms with Crippen molar-refractivity contribution in [2.45, 2.75) is 25.7 Å². The van der Waals surface area contributed by atoms with E-state index in [1.807, 2.05) is 6.07 Å². The second-order valence-electron chi connectivity index (χ2n) is 5.51. The van der Waals surface area contributed by atoms with E-state index in [4.69, 9.17) is 23.2 Å². The highest BCUT2D eigenvalue weighted by atomic mass is 35.5. The van der Waals surface area contributed by atoms with E-state index < -0.39 is 24.6 Å². The average molecular weight is 405 g/mol. The van der Waals surface area contributed by atoms with Crippen LogP contribution in [0.2, 0.25) is 10.0 Å². The quantitative estimate of drug-likeness (QED) is 0.689. The molecule has 0 N–H and O–H groups in total. The molecule has 1 atom stereocenters.